The maximum Gasteiger partial charge on any atom is 0.0702 e. The van der Waals surface area contributed by atoms with E-state index in [1.54, 1.807) is 11.3 Å². The number of fused-ring (bicyclic) bond motifs is 1. The average molecular weight is 361 g/mol. The van der Waals surface area contributed by atoms with Gasteiger partial charge in [0.15, 0.2) is 0 Å². The maximum absolute atomic E-state index is 4.43. The van der Waals surface area contributed by atoms with Crippen LogP contribution in [0.2, 0.25) is 0 Å². The van der Waals surface area contributed by atoms with Gasteiger partial charge in [-0.1, -0.05) is 31.2 Å². The van der Waals surface area contributed by atoms with Crippen molar-refractivity contribution in [1.29, 1.82) is 0 Å². The molecule has 2 nitrogen and oxygen atoms in total. The molecule has 1 aromatic carbocycles. The van der Waals surface area contributed by atoms with E-state index in [-0.39, 0.29) is 6.04 Å². The van der Waals surface area contributed by atoms with Crippen LogP contribution in [-0.2, 0) is 0 Å². The second kappa shape index (κ2) is 6.69. The predicted octanol–water partition coefficient (Wildman–Crippen LogP) is 5.15. The highest BCUT2D eigenvalue weighted by Crippen LogP contribution is 2.34. The lowest BCUT2D eigenvalue weighted by atomic mass is 10.0. The number of nitrogens with one attached hydrogen (secondary N) is 1. The lowest BCUT2D eigenvalue weighted by Gasteiger charge is -2.19. The number of aromatic nitrogens is 1. The van der Waals surface area contributed by atoms with Gasteiger partial charge in [-0.05, 0) is 46.4 Å². The van der Waals surface area contributed by atoms with E-state index in [0.717, 1.165) is 16.8 Å². The van der Waals surface area contributed by atoms with Gasteiger partial charge in [-0.15, -0.1) is 11.3 Å². The van der Waals surface area contributed by atoms with Crippen molar-refractivity contribution in [2.75, 3.05) is 6.54 Å². The summed E-state index contributed by atoms with van der Waals surface area (Å²) >= 11 is 5.34. The van der Waals surface area contributed by atoms with Crippen LogP contribution >= 0.6 is 27.3 Å². The summed E-state index contributed by atoms with van der Waals surface area (Å²) in [6, 6.07) is 12.9. The first-order valence-corrected chi connectivity index (χ1v) is 8.72. The molecule has 3 aromatic rings. The van der Waals surface area contributed by atoms with E-state index in [9.17, 15) is 0 Å². The Morgan fingerprint density at radius 3 is 2.81 bits per heavy atom. The molecule has 2 heterocycles. The van der Waals surface area contributed by atoms with Crippen LogP contribution in [-0.4, -0.2) is 11.5 Å². The predicted molar refractivity (Wildman–Crippen MR) is 93.9 cm³/mol. The maximum atomic E-state index is 4.43. The molecular formula is C17H17BrN2S. The first kappa shape index (κ1) is 14.7. The van der Waals surface area contributed by atoms with Crippen molar-refractivity contribution in [3.05, 3.63) is 63.0 Å². The monoisotopic (exact) mass is 360 g/mol. The fourth-order valence-electron chi connectivity index (χ4n) is 2.51. The fourth-order valence-corrected chi connectivity index (χ4v) is 4.02. The third-order valence-corrected chi connectivity index (χ3v) is 5.18. The van der Waals surface area contributed by atoms with Crippen LogP contribution in [0.25, 0.3) is 10.8 Å². The highest BCUT2D eigenvalue weighted by Gasteiger charge is 2.18. The number of nitrogens with zero attached hydrogens (tertiary/aromatic N) is 1. The van der Waals surface area contributed by atoms with Gasteiger partial charge in [0.1, 0.15) is 0 Å². The Balaban J connectivity index is 2.09. The minimum atomic E-state index is 0.194. The molecule has 0 aliphatic heterocycles. The minimum absolute atomic E-state index is 0.194. The highest BCUT2D eigenvalue weighted by molar-refractivity contribution is 9.11. The van der Waals surface area contributed by atoms with Crippen LogP contribution in [0.3, 0.4) is 0 Å². The molecule has 3 rings (SSSR count). The molecule has 0 aliphatic rings. The molecule has 2 aromatic heterocycles. The molecule has 21 heavy (non-hydrogen) atoms. The second-order valence-corrected chi connectivity index (χ2v) is 7.47. The molecule has 0 aliphatic carbocycles. The number of benzene rings is 1. The van der Waals surface area contributed by atoms with Crippen molar-refractivity contribution in [2.24, 2.45) is 0 Å². The third-order valence-electron chi connectivity index (χ3n) is 3.49. The lowest BCUT2D eigenvalue weighted by molar-refractivity contribution is 0.607. The first-order valence-electron chi connectivity index (χ1n) is 7.11. The average Bonchev–Trinajstić information content (AvgIpc) is 2.94. The van der Waals surface area contributed by atoms with E-state index in [4.69, 9.17) is 0 Å². The topological polar surface area (TPSA) is 24.9 Å². The SMILES string of the molecule is CCCNC(c1ccc(Br)s1)c1cncc2ccccc12. The summed E-state index contributed by atoms with van der Waals surface area (Å²) in [7, 11) is 0. The first-order chi connectivity index (χ1) is 10.3. The van der Waals surface area contributed by atoms with Gasteiger partial charge in [-0.25, -0.2) is 0 Å². The Morgan fingerprint density at radius 1 is 1.19 bits per heavy atom. The number of halogens is 1. The van der Waals surface area contributed by atoms with Crippen molar-refractivity contribution in [1.82, 2.24) is 10.3 Å². The van der Waals surface area contributed by atoms with Crippen LogP contribution in [0, 0.1) is 0 Å². The van der Waals surface area contributed by atoms with Crippen LogP contribution in [0.5, 0.6) is 0 Å². The van der Waals surface area contributed by atoms with E-state index in [0.29, 0.717) is 0 Å². The van der Waals surface area contributed by atoms with Crippen LogP contribution in [0.4, 0.5) is 0 Å². The molecule has 0 fully saturated rings. The molecular weight excluding hydrogens is 344 g/mol. The van der Waals surface area contributed by atoms with E-state index in [1.165, 1.54) is 21.2 Å². The summed E-state index contributed by atoms with van der Waals surface area (Å²) in [5.41, 5.74) is 1.25. The van der Waals surface area contributed by atoms with E-state index < -0.39 is 0 Å². The van der Waals surface area contributed by atoms with Crippen molar-refractivity contribution >= 4 is 38.0 Å². The second-order valence-electron chi connectivity index (χ2n) is 4.98. The Morgan fingerprint density at radius 2 is 2.05 bits per heavy atom. The van der Waals surface area contributed by atoms with Crippen LogP contribution < -0.4 is 5.32 Å². The Hall–Kier alpha value is -1.23. The number of hydrogen-bond donors (Lipinski definition) is 1. The molecule has 0 bridgehead atoms. The summed E-state index contributed by atoms with van der Waals surface area (Å²) in [5.74, 6) is 0. The summed E-state index contributed by atoms with van der Waals surface area (Å²) in [6.45, 7) is 3.18. The zero-order valence-corrected chi connectivity index (χ0v) is 14.2. The standard InChI is InChI=1S/C17H17BrN2S/c1-2-9-20-17(15-7-8-16(18)21-15)14-11-19-10-12-5-3-4-6-13(12)14/h3-8,10-11,17,20H,2,9H2,1H3. The summed E-state index contributed by atoms with van der Waals surface area (Å²) in [5, 5.41) is 6.11. The molecule has 1 atom stereocenters. The lowest BCUT2D eigenvalue weighted by Crippen LogP contribution is -2.22. The van der Waals surface area contributed by atoms with E-state index in [2.05, 4.69) is 69.6 Å². The molecule has 0 spiro atoms. The number of thiophene rings is 1. The zero-order valence-electron chi connectivity index (χ0n) is 11.8. The summed E-state index contributed by atoms with van der Waals surface area (Å²) in [6.07, 6.45) is 5.03. The molecule has 1 unspecified atom stereocenters. The fraction of sp³-hybridized carbons (Fsp3) is 0.235. The highest BCUT2D eigenvalue weighted by atomic mass is 79.9. The summed E-state index contributed by atoms with van der Waals surface area (Å²) < 4.78 is 1.16. The van der Waals surface area contributed by atoms with Gasteiger partial charge < -0.3 is 5.32 Å². The van der Waals surface area contributed by atoms with Crippen LogP contribution in [0.1, 0.15) is 29.8 Å². The van der Waals surface area contributed by atoms with Gasteiger partial charge in [0, 0.05) is 28.2 Å². The Kier molecular flexibility index (Phi) is 4.68. The molecule has 0 saturated heterocycles. The smallest absolute Gasteiger partial charge is 0.0702 e. The summed E-state index contributed by atoms with van der Waals surface area (Å²) in [4.78, 5) is 5.74. The molecule has 1 N–H and O–H groups in total. The minimum Gasteiger partial charge on any atom is -0.306 e. The van der Waals surface area contributed by atoms with Gasteiger partial charge in [-0.3, -0.25) is 4.98 Å². The molecule has 0 saturated carbocycles. The van der Waals surface area contributed by atoms with Crippen molar-refractivity contribution in [3.8, 4) is 0 Å². The molecule has 108 valence electrons. The Labute approximate surface area is 137 Å². The van der Waals surface area contributed by atoms with Crippen LogP contribution in [0.15, 0.2) is 52.6 Å². The van der Waals surface area contributed by atoms with Gasteiger partial charge in [0.05, 0.1) is 9.83 Å². The van der Waals surface area contributed by atoms with Crippen molar-refractivity contribution < 1.29 is 0 Å². The van der Waals surface area contributed by atoms with E-state index in [1.807, 2.05) is 12.4 Å². The third kappa shape index (κ3) is 3.18. The number of pyridine rings is 1. The quantitative estimate of drug-likeness (QED) is 0.680. The molecule has 0 radical (unpaired) electrons. The van der Waals surface area contributed by atoms with Crippen molar-refractivity contribution in [3.63, 3.8) is 0 Å². The van der Waals surface area contributed by atoms with Gasteiger partial charge >= 0.3 is 0 Å². The van der Waals surface area contributed by atoms with E-state index >= 15 is 0 Å². The number of hydrogen-bond acceptors (Lipinski definition) is 3. The molecule has 0 amide bonds. The van der Waals surface area contributed by atoms with Gasteiger partial charge in [0.25, 0.3) is 0 Å². The van der Waals surface area contributed by atoms with Gasteiger partial charge in [-0.2, -0.15) is 0 Å². The Bertz CT molecular complexity index is 733. The van der Waals surface area contributed by atoms with Crippen molar-refractivity contribution in [2.45, 2.75) is 19.4 Å². The largest absolute Gasteiger partial charge is 0.306 e. The zero-order chi connectivity index (χ0) is 14.7. The van der Waals surface area contributed by atoms with Gasteiger partial charge in [0.2, 0.25) is 0 Å². The number of rotatable bonds is 5. The normalized spacial score (nSPS) is 12.7. The molecule has 4 heteroatoms.